The highest BCUT2D eigenvalue weighted by Gasteiger charge is 2.32. The van der Waals surface area contributed by atoms with Crippen molar-refractivity contribution in [3.63, 3.8) is 0 Å². The predicted molar refractivity (Wildman–Crippen MR) is 79.4 cm³/mol. The number of carbonyl (C=O) groups is 2. The van der Waals surface area contributed by atoms with Crippen molar-refractivity contribution in [2.75, 3.05) is 0 Å². The number of hydrogen-bond acceptors (Lipinski definition) is 3. The van der Waals surface area contributed by atoms with Crippen molar-refractivity contribution in [3.8, 4) is 0 Å². The van der Waals surface area contributed by atoms with Crippen LogP contribution in [0.3, 0.4) is 0 Å². The van der Waals surface area contributed by atoms with Crippen LogP contribution in [-0.2, 0) is 6.18 Å². The second kappa shape index (κ2) is 6.64. The maximum atomic E-state index is 12.8. The molecule has 0 aromatic heterocycles. The molecule has 0 aliphatic rings. The summed E-state index contributed by atoms with van der Waals surface area (Å²) in [4.78, 5) is 22.6. The van der Waals surface area contributed by atoms with Gasteiger partial charge in [0.2, 0.25) is 0 Å². The van der Waals surface area contributed by atoms with Crippen molar-refractivity contribution in [1.82, 2.24) is 0 Å². The van der Waals surface area contributed by atoms with E-state index in [0.717, 1.165) is 11.8 Å². The van der Waals surface area contributed by atoms with Crippen LogP contribution in [0.1, 0.15) is 26.3 Å². The van der Waals surface area contributed by atoms with Gasteiger partial charge in [0.15, 0.2) is 6.29 Å². The molecule has 0 amide bonds. The Labute approximate surface area is 138 Å². The molecular formula is C15H8ClF3O3S. The lowest BCUT2D eigenvalue weighted by Crippen LogP contribution is -2.06. The molecule has 0 saturated heterocycles. The fourth-order valence-corrected chi connectivity index (χ4v) is 3.17. The smallest absolute Gasteiger partial charge is 0.416 e. The van der Waals surface area contributed by atoms with Gasteiger partial charge in [0.1, 0.15) is 0 Å². The number of hydrogen-bond donors (Lipinski definition) is 1. The Morgan fingerprint density at radius 2 is 1.87 bits per heavy atom. The number of benzene rings is 2. The van der Waals surface area contributed by atoms with Gasteiger partial charge in [-0.05, 0) is 24.3 Å². The third-order valence-corrected chi connectivity index (χ3v) is 4.50. The van der Waals surface area contributed by atoms with Crippen LogP contribution in [0.4, 0.5) is 13.2 Å². The first kappa shape index (κ1) is 17.4. The molecule has 8 heteroatoms. The van der Waals surface area contributed by atoms with E-state index in [1.807, 2.05) is 0 Å². The molecule has 0 unspecified atom stereocenters. The van der Waals surface area contributed by atoms with E-state index in [9.17, 15) is 22.8 Å². The summed E-state index contributed by atoms with van der Waals surface area (Å²) in [5, 5.41) is 8.85. The van der Waals surface area contributed by atoms with Gasteiger partial charge in [-0.3, -0.25) is 4.79 Å². The van der Waals surface area contributed by atoms with Crippen LogP contribution in [0.25, 0.3) is 0 Å². The molecular weight excluding hydrogens is 353 g/mol. The van der Waals surface area contributed by atoms with Crippen molar-refractivity contribution in [3.05, 3.63) is 58.1 Å². The molecule has 1 N–H and O–H groups in total. The van der Waals surface area contributed by atoms with Crippen LogP contribution >= 0.6 is 23.4 Å². The SMILES string of the molecule is O=Cc1cc(C(F)(F)F)cc(Cl)c1Sc1ccccc1C(=O)O. The van der Waals surface area contributed by atoms with Crippen molar-refractivity contribution in [1.29, 1.82) is 0 Å². The van der Waals surface area contributed by atoms with E-state index < -0.39 is 17.7 Å². The zero-order valence-corrected chi connectivity index (χ0v) is 12.8. The Kier molecular flexibility index (Phi) is 5.01. The monoisotopic (exact) mass is 360 g/mol. The van der Waals surface area contributed by atoms with E-state index in [4.69, 9.17) is 16.7 Å². The zero-order chi connectivity index (χ0) is 17.2. The normalized spacial score (nSPS) is 11.3. The number of aldehydes is 1. The maximum Gasteiger partial charge on any atom is 0.416 e. The first-order valence-electron chi connectivity index (χ1n) is 6.10. The summed E-state index contributed by atoms with van der Waals surface area (Å²) >= 11 is 6.70. The van der Waals surface area contributed by atoms with Crippen LogP contribution in [0.5, 0.6) is 0 Å². The van der Waals surface area contributed by atoms with Crippen LogP contribution in [0.2, 0.25) is 5.02 Å². The summed E-state index contributed by atoms with van der Waals surface area (Å²) in [7, 11) is 0. The minimum absolute atomic E-state index is 0.0367. The van der Waals surface area contributed by atoms with E-state index in [0.29, 0.717) is 12.1 Å². The van der Waals surface area contributed by atoms with Gasteiger partial charge in [-0.2, -0.15) is 13.2 Å². The Balaban J connectivity index is 2.53. The molecule has 0 aliphatic carbocycles. The second-order valence-corrected chi connectivity index (χ2v) is 5.85. The Morgan fingerprint density at radius 1 is 1.22 bits per heavy atom. The van der Waals surface area contributed by atoms with Gasteiger partial charge in [0, 0.05) is 15.4 Å². The number of rotatable bonds is 4. The summed E-state index contributed by atoms with van der Waals surface area (Å²) < 4.78 is 38.3. The average Bonchev–Trinajstić information content (AvgIpc) is 2.48. The largest absolute Gasteiger partial charge is 0.478 e. The fraction of sp³-hybridized carbons (Fsp3) is 0.0667. The number of carbonyl (C=O) groups excluding carboxylic acids is 1. The minimum atomic E-state index is -4.64. The third kappa shape index (κ3) is 3.86. The van der Waals surface area contributed by atoms with Gasteiger partial charge >= 0.3 is 12.1 Å². The summed E-state index contributed by atoms with van der Waals surface area (Å²) in [5.41, 5.74) is -1.33. The Bertz CT molecular complexity index is 775. The Morgan fingerprint density at radius 3 is 2.43 bits per heavy atom. The molecule has 3 nitrogen and oxygen atoms in total. The first-order chi connectivity index (χ1) is 10.7. The minimum Gasteiger partial charge on any atom is -0.478 e. The highest BCUT2D eigenvalue weighted by atomic mass is 35.5. The molecule has 23 heavy (non-hydrogen) atoms. The van der Waals surface area contributed by atoms with Gasteiger partial charge in [0.05, 0.1) is 16.1 Å². The van der Waals surface area contributed by atoms with Crippen LogP contribution in [0.15, 0.2) is 46.2 Å². The maximum absolute atomic E-state index is 12.8. The molecule has 2 aromatic rings. The van der Waals surface area contributed by atoms with E-state index in [1.54, 1.807) is 6.07 Å². The number of halogens is 4. The van der Waals surface area contributed by atoms with Crippen LogP contribution in [0, 0.1) is 0 Å². The molecule has 2 aromatic carbocycles. The van der Waals surface area contributed by atoms with Gasteiger partial charge in [0.25, 0.3) is 0 Å². The molecule has 0 radical (unpaired) electrons. The van der Waals surface area contributed by atoms with Gasteiger partial charge in [-0.1, -0.05) is 35.5 Å². The van der Waals surface area contributed by atoms with Gasteiger partial charge in [-0.15, -0.1) is 0 Å². The molecule has 0 atom stereocenters. The summed E-state index contributed by atoms with van der Waals surface area (Å²) in [5.74, 6) is -1.19. The van der Waals surface area contributed by atoms with Gasteiger partial charge in [-0.25, -0.2) is 4.79 Å². The number of aromatic carboxylic acids is 1. The second-order valence-electron chi connectivity index (χ2n) is 4.40. The molecule has 0 spiro atoms. The van der Waals surface area contributed by atoms with Crippen LogP contribution in [-0.4, -0.2) is 17.4 Å². The lowest BCUT2D eigenvalue weighted by molar-refractivity contribution is -0.137. The first-order valence-corrected chi connectivity index (χ1v) is 7.29. The number of alkyl halides is 3. The van der Waals surface area contributed by atoms with E-state index in [1.165, 1.54) is 18.2 Å². The molecule has 0 bridgehead atoms. The summed E-state index contributed by atoms with van der Waals surface area (Å²) in [6, 6.07) is 7.32. The zero-order valence-electron chi connectivity index (χ0n) is 11.2. The highest BCUT2D eigenvalue weighted by molar-refractivity contribution is 7.99. The lowest BCUT2D eigenvalue weighted by atomic mass is 10.1. The summed E-state index contributed by atoms with van der Waals surface area (Å²) in [6.07, 6.45) is -4.38. The molecule has 0 saturated carbocycles. The van der Waals surface area contributed by atoms with E-state index in [-0.39, 0.29) is 32.2 Å². The van der Waals surface area contributed by atoms with Crippen molar-refractivity contribution in [2.45, 2.75) is 16.0 Å². The highest BCUT2D eigenvalue weighted by Crippen LogP contribution is 2.41. The van der Waals surface area contributed by atoms with Crippen molar-refractivity contribution < 1.29 is 27.9 Å². The predicted octanol–water partition coefficient (Wildman–Crippen LogP) is 5.02. The lowest BCUT2D eigenvalue weighted by Gasteiger charge is -2.13. The number of carboxylic acid groups (broad SMARTS) is 1. The fourth-order valence-electron chi connectivity index (χ4n) is 1.82. The van der Waals surface area contributed by atoms with Crippen molar-refractivity contribution in [2.24, 2.45) is 0 Å². The van der Waals surface area contributed by atoms with Gasteiger partial charge < -0.3 is 5.11 Å². The Hall–Kier alpha value is -1.99. The molecule has 0 fully saturated rings. The van der Waals surface area contributed by atoms with Crippen LogP contribution < -0.4 is 0 Å². The quantitative estimate of drug-likeness (QED) is 0.778. The summed E-state index contributed by atoms with van der Waals surface area (Å²) in [6.45, 7) is 0. The van der Waals surface area contributed by atoms with E-state index >= 15 is 0 Å². The third-order valence-electron chi connectivity index (χ3n) is 2.86. The molecule has 0 aliphatic heterocycles. The van der Waals surface area contributed by atoms with Crippen molar-refractivity contribution >= 4 is 35.6 Å². The van der Waals surface area contributed by atoms with E-state index in [2.05, 4.69) is 0 Å². The molecule has 0 heterocycles. The average molecular weight is 361 g/mol. The topological polar surface area (TPSA) is 54.4 Å². The standard InChI is InChI=1S/C15H8ClF3O3S/c16-11-6-9(15(17,18)19)5-8(7-20)13(11)23-12-4-2-1-3-10(12)14(21)22/h1-7H,(H,21,22). The molecule has 2 rings (SSSR count). The number of carboxylic acids is 1. The molecule has 120 valence electrons.